The van der Waals surface area contributed by atoms with Crippen molar-refractivity contribution in [2.45, 2.75) is 6.54 Å². The number of fused-ring (bicyclic) bond motifs is 1. The molecule has 3 rings (SSSR count). The number of aromatic nitrogens is 1. The summed E-state index contributed by atoms with van der Waals surface area (Å²) in [4.78, 5) is 17.1. The molecule has 0 saturated heterocycles. The summed E-state index contributed by atoms with van der Waals surface area (Å²) in [5.74, 6) is 0. The van der Waals surface area contributed by atoms with Crippen molar-refractivity contribution in [1.29, 1.82) is 0 Å². The highest BCUT2D eigenvalue weighted by Gasteiger charge is 2.08. The van der Waals surface area contributed by atoms with Crippen molar-refractivity contribution in [1.82, 2.24) is 4.57 Å². The number of thiazole rings is 1. The average molecular weight is 256 g/mol. The third-order valence-corrected chi connectivity index (χ3v) is 3.86. The fraction of sp³-hybridized carbons (Fsp3) is 0.143. The Balaban J connectivity index is 1.95. The molecule has 2 heterocycles. The third kappa shape index (κ3) is 2.07. The molecule has 0 saturated carbocycles. The van der Waals surface area contributed by atoms with Crippen LogP contribution in [0.15, 0.2) is 46.2 Å². The van der Waals surface area contributed by atoms with Gasteiger partial charge in [0.05, 0.1) is 11.1 Å². The van der Waals surface area contributed by atoms with Crippen LogP contribution in [0.1, 0.15) is 5.56 Å². The highest BCUT2D eigenvalue weighted by atomic mass is 32.1. The molecule has 0 amide bonds. The van der Waals surface area contributed by atoms with Gasteiger partial charge in [-0.25, -0.2) is 0 Å². The van der Waals surface area contributed by atoms with Crippen molar-refractivity contribution in [2.24, 2.45) is 4.99 Å². The van der Waals surface area contributed by atoms with E-state index in [2.05, 4.69) is 4.99 Å². The fourth-order valence-electron chi connectivity index (χ4n) is 1.89. The molecule has 1 aliphatic rings. The summed E-state index contributed by atoms with van der Waals surface area (Å²) < 4.78 is 2.49. The molecular weight excluding hydrogens is 244 g/mol. The Morgan fingerprint density at radius 3 is 2.89 bits per heavy atom. The van der Waals surface area contributed by atoms with Crippen LogP contribution in [0.25, 0.3) is 12.2 Å². The normalized spacial score (nSPS) is 15.0. The number of allylic oxidation sites excluding steroid dienone is 1. The topological polar surface area (TPSA) is 34.4 Å². The van der Waals surface area contributed by atoms with Gasteiger partial charge in [-0.05, 0) is 11.6 Å². The van der Waals surface area contributed by atoms with Crippen molar-refractivity contribution in [2.75, 3.05) is 6.54 Å². The standard InChI is InChI=1S/C14H12N2OS/c17-13-12(18-14-15-9-10-16(13)14)8-4-7-11-5-2-1-3-6-11/h1-8H,9-10H2/b7-4+,12-8-. The van der Waals surface area contributed by atoms with Crippen LogP contribution in [0.4, 0.5) is 0 Å². The van der Waals surface area contributed by atoms with Gasteiger partial charge in [-0.3, -0.25) is 14.4 Å². The number of hydrogen-bond donors (Lipinski definition) is 0. The first-order valence-corrected chi connectivity index (χ1v) is 6.64. The fourth-order valence-corrected chi connectivity index (χ4v) is 2.87. The number of nitrogens with zero attached hydrogens (tertiary/aromatic N) is 2. The van der Waals surface area contributed by atoms with E-state index >= 15 is 0 Å². The van der Waals surface area contributed by atoms with Crippen LogP contribution < -0.4 is 14.9 Å². The molecule has 18 heavy (non-hydrogen) atoms. The van der Waals surface area contributed by atoms with E-state index in [0.717, 1.165) is 28.0 Å². The van der Waals surface area contributed by atoms with Gasteiger partial charge in [-0.2, -0.15) is 0 Å². The van der Waals surface area contributed by atoms with Crippen molar-refractivity contribution in [3.8, 4) is 0 Å². The summed E-state index contributed by atoms with van der Waals surface area (Å²) in [5, 5.41) is 0. The lowest BCUT2D eigenvalue weighted by Crippen LogP contribution is -2.29. The van der Waals surface area contributed by atoms with E-state index in [9.17, 15) is 4.79 Å². The monoisotopic (exact) mass is 256 g/mol. The van der Waals surface area contributed by atoms with Crippen molar-refractivity contribution >= 4 is 23.5 Å². The molecule has 1 aromatic heterocycles. The highest BCUT2D eigenvalue weighted by molar-refractivity contribution is 7.07. The molecule has 0 aliphatic carbocycles. The van der Waals surface area contributed by atoms with Crippen LogP contribution in [0.5, 0.6) is 0 Å². The van der Waals surface area contributed by atoms with Gasteiger partial charge >= 0.3 is 0 Å². The minimum absolute atomic E-state index is 0.0777. The molecule has 0 unspecified atom stereocenters. The molecule has 4 heteroatoms. The zero-order chi connectivity index (χ0) is 12.4. The van der Waals surface area contributed by atoms with Gasteiger partial charge < -0.3 is 0 Å². The summed E-state index contributed by atoms with van der Waals surface area (Å²) in [6.07, 6.45) is 5.77. The minimum atomic E-state index is 0.0777. The van der Waals surface area contributed by atoms with E-state index in [1.54, 1.807) is 4.57 Å². The van der Waals surface area contributed by atoms with Gasteiger partial charge in [0.2, 0.25) is 0 Å². The molecule has 0 fully saturated rings. The molecule has 90 valence electrons. The van der Waals surface area contributed by atoms with Crippen molar-refractivity contribution in [3.05, 3.63) is 61.7 Å². The Hall–Kier alpha value is -1.94. The molecule has 0 radical (unpaired) electrons. The smallest absolute Gasteiger partial charge is 0.270 e. The summed E-state index contributed by atoms with van der Waals surface area (Å²) in [5.41, 5.74) is 1.21. The lowest BCUT2D eigenvalue weighted by atomic mass is 10.2. The summed E-state index contributed by atoms with van der Waals surface area (Å²) in [7, 11) is 0. The quantitative estimate of drug-likeness (QED) is 0.790. The lowest BCUT2D eigenvalue weighted by Gasteiger charge is -1.88. The maximum atomic E-state index is 12.0. The van der Waals surface area contributed by atoms with Crippen LogP contribution in [0.3, 0.4) is 0 Å². The number of benzene rings is 1. The Kier molecular flexibility index (Phi) is 2.94. The molecule has 0 atom stereocenters. The van der Waals surface area contributed by atoms with E-state index in [4.69, 9.17) is 0 Å². The van der Waals surface area contributed by atoms with E-state index in [1.807, 2.05) is 48.6 Å². The highest BCUT2D eigenvalue weighted by Crippen LogP contribution is 2.00. The maximum absolute atomic E-state index is 12.0. The van der Waals surface area contributed by atoms with Crippen LogP contribution in [0, 0.1) is 0 Å². The SMILES string of the molecule is O=c1/c(=C/C=C/c2ccccc2)sc2n1CCN=2. The Bertz CT molecular complexity index is 753. The van der Waals surface area contributed by atoms with Crippen LogP contribution in [-0.4, -0.2) is 11.1 Å². The maximum Gasteiger partial charge on any atom is 0.270 e. The predicted molar refractivity (Wildman–Crippen MR) is 74.2 cm³/mol. The van der Waals surface area contributed by atoms with Crippen LogP contribution >= 0.6 is 11.3 Å². The van der Waals surface area contributed by atoms with Gasteiger partial charge in [0.1, 0.15) is 0 Å². The third-order valence-electron chi connectivity index (χ3n) is 2.79. The average Bonchev–Trinajstić information content (AvgIpc) is 2.96. The first-order chi connectivity index (χ1) is 8.84. The molecule has 0 bridgehead atoms. The number of hydrogen-bond acceptors (Lipinski definition) is 3. The molecule has 1 aromatic carbocycles. The summed E-state index contributed by atoms with van der Waals surface area (Å²) >= 11 is 1.46. The second-order valence-electron chi connectivity index (χ2n) is 4.02. The van der Waals surface area contributed by atoms with E-state index in [1.165, 1.54) is 11.3 Å². The Labute approximate surface area is 108 Å². The van der Waals surface area contributed by atoms with E-state index in [0.29, 0.717) is 0 Å². The Morgan fingerprint density at radius 1 is 1.28 bits per heavy atom. The Morgan fingerprint density at radius 2 is 2.11 bits per heavy atom. The second-order valence-corrected chi connectivity index (χ2v) is 5.03. The van der Waals surface area contributed by atoms with Gasteiger partial charge in [0.25, 0.3) is 5.56 Å². The molecule has 0 N–H and O–H groups in total. The van der Waals surface area contributed by atoms with Crippen molar-refractivity contribution < 1.29 is 0 Å². The first-order valence-electron chi connectivity index (χ1n) is 5.82. The van der Waals surface area contributed by atoms with Gasteiger partial charge in [-0.15, -0.1) is 0 Å². The molecule has 1 aliphatic heterocycles. The largest absolute Gasteiger partial charge is 0.282 e. The van der Waals surface area contributed by atoms with Crippen molar-refractivity contribution in [3.63, 3.8) is 0 Å². The molecule has 0 spiro atoms. The zero-order valence-corrected chi connectivity index (χ0v) is 10.6. The van der Waals surface area contributed by atoms with Crippen LogP contribution in [0.2, 0.25) is 0 Å². The van der Waals surface area contributed by atoms with Crippen LogP contribution in [-0.2, 0) is 6.54 Å². The van der Waals surface area contributed by atoms with Gasteiger partial charge in [-0.1, -0.05) is 53.8 Å². The lowest BCUT2D eigenvalue weighted by molar-refractivity contribution is 0.740. The first kappa shape index (κ1) is 11.2. The zero-order valence-electron chi connectivity index (χ0n) is 9.74. The van der Waals surface area contributed by atoms with Gasteiger partial charge in [0.15, 0.2) is 4.80 Å². The predicted octanol–water partition coefficient (Wildman–Crippen LogP) is 1.04. The second kappa shape index (κ2) is 4.74. The molecular formula is C14H12N2OS. The number of rotatable bonds is 2. The minimum Gasteiger partial charge on any atom is -0.282 e. The van der Waals surface area contributed by atoms with E-state index < -0.39 is 0 Å². The summed E-state index contributed by atoms with van der Waals surface area (Å²) in [6, 6.07) is 10.0. The van der Waals surface area contributed by atoms with E-state index in [-0.39, 0.29) is 5.56 Å². The molecule has 2 aromatic rings. The molecule has 3 nitrogen and oxygen atoms in total. The van der Waals surface area contributed by atoms with Gasteiger partial charge in [0, 0.05) is 6.54 Å². The summed E-state index contributed by atoms with van der Waals surface area (Å²) in [6.45, 7) is 1.46.